The Morgan fingerprint density at radius 1 is 1.02 bits per heavy atom. The van der Waals surface area contributed by atoms with Gasteiger partial charge in [-0.1, -0.05) is 31.5 Å². The minimum Gasteiger partial charge on any atom is -0.463 e. The highest BCUT2D eigenvalue weighted by Gasteiger charge is 2.52. The SMILES string of the molecule is CCCCN(C)c1nc2c(nc(N=Nc3ccccc3)n2[C@@H]2O[C@H](COC(C)=O)C(OC(C)=O)C2OC(C)=O)c(=O)[nH]1. The first kappa shape index (κ1) is 30.3. The van der Waals surface area contributed by atoms with Crippen LogP contribution in [-0.4, -0.2) is 75.9 Å². The van der Waals surface area contributed by atoms with E-state index in [2.05, 4.69) is 25.2 Å². The van der Waals surface area contributed by atoms with Crippen LogP contribution in [0, 0.1) is 0 Å². The van der Waals surface area contributed by atoms with Gasteiger partial charge in [0.05, 0.1) is 5.69 Å². The molecule has 1 N–H and O–H groups in total. The summed E-state index contributed by atoms with van der Waals surface area (Å²) in [5.41, 5.74) is -0.0334. The van der Waals surface area contributed by atoms with E-state index < -0.39 is 48.0 Å². The van der Waals surface area contributed by atoms with E-state index >= 15 is 0 Å². The summed E-state index contributed by atoms with van der Waals surface area (Å²) in [6.45, 7) is 5.95. The van der Waals surface area contributed by atoms with Gasteiger partial charge in [0.25, 0.3) is 11.5 Å². The minimum atomic E-state index is -1.25. The third-order valence-electron chi connectivity index (χ3n) is 6.33. The smallest absolute Gasteiger partial charge is 0.303 e. The Labute approximate surface area is 240 Å². The number of nitrogens with one attached hydrogen (secondary N) is 1. The third kappa shape index (κ3) is 6.97. The van der Waals surface area contributed by atoms with Crippen molar-refractivity contribution in [1.82, 2.24) is 19.5 Å². The first-order chi connectivity index (χ1) is 20.1. The zero-order chi connectivity index (χ0) is 30.4. The van der Waals surface area contributed by atoms with E-state index in [1.807, 2.05) is 13.0 Å². The van der Waals surface area contributed by atoms with Gasteiger partial charge in [0, 0.05) is 34.4 Å². The second kappa shape index (κ2) is 13.3. The number of ether oxygens (including phenoxy) is 4. The number of hydrogen-bond donors (Lipinski definition) is 1. The summed E-state index contributed by atoms with van der Waals surface area (Å²) < 4.78 is 23.8. The number of unbranched alkanes of at least 4 members (excludes halogenated alkanes) is 1. The lowest BCUT2D eigenvalue weighted by Gasteiger charge is -2.24. The summed E-state index contributed by atoms with van der Waals surface area (Å²) in [6.07, 6.45) is -2.94. The Morgan fingerprint density at radius 2 is 1.71 bits per heavy atom. The molecule has 3 aromatic rings. The van der Waals surface area contributed by atoms with Gasteiger partial charge < -0.3 is 23.8 Å². The molecule has 1 aromatic carbocycles. The maximum absolute atomic E-state index is 13.2. The number of rotatable bonds is 11. The topological polar surface area (TPSA) is 180 Å². The summed E-state index contributed by atoms with van der Waals surface area (Å²) >= 11 is 0. The van der Waals surface area contributed by atoms with Crippen molar-refractivity contribution >= 4 is 46.7 Å². The van der Waals surface area contributed by atoms with Gasteiger partial charge in [-0.25, -0.2) is 4.98 Å². The number of H-pyrrole nitrogens is 1. The normalized spacial score (nSPS) is 20.1. The molecule has 2 aromatic heterocycles. The van der Waals surface area contributed by atoms with E-state index in [0.29, 0.717) is 12.2 Å². The molecule has 2 unspecified atom stereocenters. The number of hydrogen-bond acceptors (Lipinski definition) is 13. The maximum atomic E-state index is 13.2. The highest BCUT2D eigenvalue weighted by Crippen LogP contribution is 2.39. The number of carbonyl (C=O) groups excluding carboxylic acids is 3. The van der Waals surface area contributed by atoms with Crippen LogP contribution in [0.2, 0.25) is 0 Å². The molecule has 15 nitrogen and oxygen atoms in total. The number of imidazole rings is 1. The number of aromatic nitrogens is 4. The van der Waals surface area contributed by atoms with Gasteiger partial charge in [0.15, 0.2) is 29.6 Å². The Morgan fingerprint density at radius 3 is 2.36 bits per heavy atom. The lowest BCUT2D eigenvalue weighted by atomic mass is 10.1. The summed E-state index contributed by atoms with van der Waals surface area (Å²) in [4.78, 5) is 62.7. The standard InChI is InChI=1S/C27H33N7O8/c1-6-7-13-33(5)26-29-23-20(24(38)30-26)28-27(32-31-18-11-9-8-10-12-18)34(23)25-22(41-17(4)37)21(40-16(3)36)19(42-25)14-39-15(2)35/h8-12,19,21-22,25H,6-7,13-14H2,1-5H3,(H,29,30,38)/t19-,21?,22?,25-/m1/s1. The number of anilines is 1. The molecule has 0 amide bonds. The fourth-order valence-corrected chi connectivity index (χ4v) is 4.45. The predicted octanol–water partition coefficient (Wildman–Crippen LogP) is 3.10. The molecule has 4 rings (SSSR count). The average molecular weight is 584 g/mol. The second-order valence-corrected chi connectivity index (χ2v) is 9.67. The fourth-order valence-electron chi connectivity index (χ4n) is 4.45. The van der Waals surface area contributed by atoms with E-state index in [1.165, 1.54) is 25.3 Å². The molecule has 42 heavy (non-hydrogen) atoms. The highest BCUT2D eigenvalue weighted by atomic mass is 16.7. The number of azo groups is 1. The van der Waals surface area contributed by atoms with Crippen molar-refractivity contribution in [1.29, 1.82) is 0 Å². The van der Waals surface area contributed by atoms with Crippen LogP contribution in [0.3, 0.4) is 0 Å². The first-order valence-electron chi connectivity index (χ1n) is 13.4. The molecule has 0 bridgehead atoms. The fraction of sp³-hybridized carbons (Fsp3) is 0.481. The lowest BCUT2D eigenvalue weighted by molar-refractivity contribution is -0.166. The van der Waals surface area contributed by atoms with Crippen LogP contribution in [0.25, 0.3) is 11.2 Å². The average Bonchev–Trinajstić information content (AvgIpc) is 3.46. The van der Waals surface area contributed by atoms with E-state index in [4.69, 9.17) is 18.9 Å². The minimum absolute atomic E-state index is 0.0657. The summed E-state index contributed by atoms with van der Waals surface area (Å²) in [5.74, 6) is -1.78. The molecule has 1 saturated heterocycles. The molecule has 0 radical (unpaired) electrons. The summed E-state index contributed by atoms with van der Waals surface area (Å²) in [7, 11) is 1.79. The molecule has 1 fully saturated rings. The summed E-state index contributed by atoms with van der Waals surface area (Å²) in [5, 5.41) is 8.52. The van der Waals surface area contributed by atoms with Gasteiger partial charge in [0.1, 0.15) is 12.7 Å². The zero-order valence-electron chi connectivity index (χ0n) is 24.0. The number of fused-ring (bicyclic) bond motifs is 1. The van der Waals surface area contributed by atoms with Crippen LogP contribution < -0.4 is 10.5 Å². The van der Waals surface area contributed by atoms with Gasteiger partial charge in [-0.15, -0.1) is 10.2 Å². The van der Waals surface area contributed by atoms with Crippen molar-refractivity contribution in [3.05, 3.63) is 40.7 Å². The molecule has 0 aliphatic carbocycles. The molecule has 3 heterocycles. The van der Waals surface area contributed by atoms with Gasteiger partial charge in [0.2, 0.25) is 5.95 Å². The largest absolute Gasteiger partial charge is 0.463 e. The number of benzene rings is 1. The van der Waals surface area contributed by atoms with Crippen molar-refractivity contribution in [2.45, 2.75) is 65.1 Å². The molecule has 1 aliphatic rings. The van der Waals surface area contributed by atoms with Crippen molar-refractivity contribution in [2.24, 2.45) is 10.2 Å². The molecule has 15 heteroatoms. The van der Waals surface area contributed by atoms with E-state index in [9.17, 15) is 19.2 Å². The van der Waals surface area contributed by atoms with Gasteiger partial charge >= 0.3 is 17.9 Å². The van der Waals surface area contributed by atoms with E-state index in [1.54, 1.807) is 36.2 Å². The molecule has 4 atom stereocenters. The molecule has 224 valence electrons. The Balaban J connectivity index is 1.91. The zero-order valence-corrected chi connectivity index (χ0v) is 24.0. The van der Waals surface area contributed by atoms with Crippen LogP contribution >= 0.6 is 0 Å². The highest BCUT2D eigenvalue weighted by molar-refractivity contribution is 5.75. The van der Waals surface area contributed by atoms with Crippen LogP contribution in [-0.2, 0) is 33.3 Å². The van der Waals surface area contributed by atoms with Crippen molar-refractivity contribution < 1.29 is 33.3 Å². The number of carbonyl (C=O) groups is 3. The number of aromatic amines is 1. The molecule has 1 aliphatic heterocycles. The Kier molecular flexibility index (Phi) is 9.62. The summed E-state index contributed by atoms with van der Waals surface area (Å²) in [6, 6.07) is 8.83. The van der Waals surface area contributed by atoms with Crippen molar-refractivity contribution in [2.75, 3.05) is 25.1 Å². The Bertz CT molecular complexity index is 1520. The Hall–Kier alpha value is -4.66. The third-order valence-corrected chi connectivity index (χ3v) is 6.33. The van der Waals surface area contributed by atoms with Crippen LogP contribution in [0.4, 0.5) is 17.6 Å². The maximum Gasteiger partial charge on any atom is 0.303 e. The van der Waals surface area contributed by atoms with E-state index in [0.717, 1.165) is 12.8 Å². The van der Waals surface area contributed by atoms with Gasteiger partial charge in [-0.05, 0) is 18.6 Å². The predicted molar refractivity (Wildman–Crippen MR) is 149 cm³/mol. The number of esters is 3. The second-order valence-electron chi connectivity index (χ2n) is 9.67. The van der Waals surface area contributed by atoms with Crippen LogP contribution in [0.1, 0.15) is 46.8 Å². The first-order valence-corrected chi connectivity index (χ1v) is 13.4. The quantitative estimate of drug-likeness (QED) is 0.199. The number of nitrogens with zero attached hydrogens (tertiary/aromatic N) is 6. The van der Waals surface area contributed by atoms with E-state index in [-0.39, 0.29) is 29.7 Å². The van der Waals surface area contributed by atoms with Crippen LogP contribution in [0.5, 0.6) is 0 Å². The van der Waals surface area contributed by atoms with Gasteiger partial charge in [-0.2, -0.15) is 4.98 Å². The monoisotopic (exact) mass is 583 g/mol. The van der Waals surface area contributed by atoms with Crippen LogP contribution in [0.15, 0.2) is 45.4 Å². The molecule has 0 spiro atoms. The van der Waals surface area contributed by atoms with Crippen molar-refractivity contribution in [3.63, 3.8) is 0 Å². The molecule has 0 saturated carbocycles. The van der Waals surface area contributed by atoms with Crippen molar-refractivity contribution in [3.8, 4) is 0 Å². The molecular weight excluding hydrogens is 550 g/mol. The molecular formula is C27H33N7O8. The van der Waals surface area contributed by atoms with Gasteiger partial charge in [-0.3, -0.25) is 28.7 Å². The lowest BCUT2D eigenvalue weighted by Crippen LogP contribution is -2.40.